The Morgan fingerprint density at radius 3 is 2.22 bits per heavy atom. The predicted molar refractivity (Wildman–Crippen MR) is 97.8 cm³/mol. The Balaban J connectivity index is 2.74. The molecule has 0 atom stereocenters. The molecule has 0 radical (unpaired) electrons. The van der Waals surface area contributed by atoms with E-state index in [0.717, 1.165) is 16.9 Å². The van der Waals surface area contributed by atoms with Crippen molar-refractivity contribution in [2.75, 3.05) is 13.3 Å². The lowest BCUT2D eigenvalue weighted by Crippen LogP contribution is -2.30. The maximum Gasteiger partial charge on any atom is 0.199 e. The highest BCUT2D eigenvalue weighted by atomic mass is 31.2. The first kappa shape index (κ1) is 18.2. The fraction of sp³-hybridized carbons (Fsp3) is 0.611. The van der Waals surface area contributed by atoms with Crippen LogP contribution in [-0.4, -0.2) is 22.9 Å². The average molecular weight is 336 g/mol. The summed E-state index contributed by atoms with van der Waals surface area (Å²) in [7, 11) is -2.64. The molecule has 0 amide bonds. The highest BCUT2D eigenvalue weighted by molar-refractivity contribution is 7.57. The lowest BCUT2D eigenvalue weighted by Gasteiger charge is -2.32. The minimum atomic E-state index is -2.64. The van der Waals surface area contributed by atoms with Crippen LogP contribution >= 0.6 is 7.37 Å². The van der Waals surface area contributed by atoms with Crippen LogP contribution in [0.2, 0.25) is 0 Å². The number of fused-ring (bicyclic) bond motifs is 1. The van der Waals surface area contributed by atoms with Gasteiger partial charge in [0.2, 0.25) is 0 Å². The Morgan fingerprint density at radius 1 is 1.13 bits per heavy atom. The summed E-state index contributed by atoms with van der Waals surface area (Å²) in [5.74, 6) is 1.65. The molecule has 0 unspecified atom stereocenters. The fourth-order valence-corrected chi connectivity index (χ4v) is 4.16. The molecule has 4 nitrogen and oxygen atoms in total. The first-order valence-corrected chi connectivity index (χ1v) is 10.7. The second-order valence-electron chi connectivity index (χ2n) is 7.65. The number of aromatic nitrogens is 2. The molecule has 1 aromatic carbocycles. The van der Waals surface area contributed by atoms with E-state index in [4.69, 9.17) is 9.51 Å². The Hall–Kier alpha value is -1.12. The van der Waals surface area contributed by atoms with Crippen LogP contribution in [0.1, 0.15) is 64.8 Å². The van der Waals surface area contributed by atoms with Crippen molar-refractivity contribution in [1.82, 2.24) is 9.55 Å². The van der Waals surface area contributed by atoms with Crippen molar-refractivity contribution in [2.45, 2.75) is 59.1 Å². The van der Waals surface area contributed by atoms with Crippen LogP contribution in [-0.2, 0) is 14.8 Å². The van der Waals surface area contributed by atoms with Crippen molar-refractivity contribution >= 4 is 18.4 Å². The zero-order valence-corrected chi connectivity index (χ0v) is 16.4. The molecule has 0 aliphatic rings. The van der Waals surface area contributed by atoms with E-state index in [1.807, 2.05) is 13.8 Å². The van der Waals surface area contributed by atoms with Crippen molar-refractivity contribution < 1.29 is 9.09 Å². The molecule has 0 spiro atoms. The molecule has 0 aliphatic carbocycles. The van der Waals surface area contributed by atoms with Gasteiger partial charge < -0.3 is 4.52 Å². The van der Waals surface area contributed by atoms with Crippen molar-refractivity contribution in [3.63, 3.8) is 0 Å². The lowest BCUT2D eigenvalue weighted by molar-refractivity contribution is 0.0369. The van der Waals surface area contributed by atoms with Gasteiger partial charge in [-0.3, -0.25) is 9.13 Å². The van der Waals surface area contributed by atoms with Crippen LogP contribution in [0.4, 0.5) is 0 Å². The lowest BCUT2D eigenvalue weighted by atomic mass is 10.0. The molecular formula is C18H29N2O2P. The maximum absolute atomic E-state index is 12.3. The molecule has 1 aromatic heterocycles. The van der Waals surface area contributed by atoms with Crippen molar-refractivity contribution in [3.05, 3.63) is 29.6 Å². The summed E-state index contributed by atoms with van der Waals surface area (Å²) in [6.07, 6.45) is 0. The zero-order valence-electron chi connectivity index (χ0n) is 15.5. The van der Waals surface area contributed by atoms with Crippen molar-refractivity contribution in [1.29, 1.82) is 0 Å². The van der Waals surface area contributed by atoms with Gasteiger partial charge in [-0.15, -0.1) is 0 Å². The smallest absolute Gasteiger partial charge is 0.199 e. The van der Waals surface area contributed by atoms with E-state index in [2.05, 4.69) is 50.5 Å². The molecule has 0 bridgehead atoms. The van der Waals surface area contributed by atoms with E-state index in [9.17, 15) is 4.57 Å². The van der Waals surface area contributed by atoms with Gasteiger partial charge in [-0.1, -0.05) is 33.8 Å². The number of nitrogens with zero attached hydrogens (tertiary/aromatic N) is 2. The number of hydrogen-bond donors (Lipinski definition) is 0. The van der Waals surface area contributed by atoms with Gasteiger partial charge in [0, 0.05) is 19.2 Å². The van der Waals surface area contributed by atoms with Gasteiger partial charge in [-0.2, -0.15) is 0 Å². The minimum Gasteiger partial charge on any atom is -0.302 e. The molecular weight excluding hydrogens is 307 g/mol. The molecule has 1 heterocycles. The Labute approximate surface area is 139 Å². The van der Waals surface area contributed by atoms with E-state index in [-0.39, 0.29) is 5.92 Å². The maximum atomic E-state index is 12.3. The molecule has 0 fully saturated rings. The summed E-state index contributed by atoms with van der Waals surface area (Å²) < 4.78 is 20.3. The van der Waals surface area contributed by atoms with Gasteiger partial charge in [0.25, 0.3) is 0 Å². The van der Waals surface area contributed by atoms with Crippen molar-refractivity contribution in [3.8, 4) is 0 Å². The monoisotopic (exact) mass is 336 g/mol. The van der Waals surface area contributed by atoms with Crippen LogP contribution in [0.25, 0.3) is 11.0 Å². The summed E-state index contributed by atoms with van der Waals surface area (Å²) in [5.41, 5.74) is 2.54. The molecule has 0 saturated heterocycles. The molecule has 2 aromatic rings. The molecule has 23 heavy (non-hydrogen) atoms. The first-order valence-electron chi connectivity index (χ1n) is 8.21. The number of hydrogen-bond acceptors (Lipinski definition) is 3. The molecule has 0 saturated carbocycles. The van der Waals surface area contributed by atoms with Crippen LogP contribution < -0.4 is 0 Å². The quantitative estimate of drug-likeness (QED) is 0.674. The summed E-state index contributed by atoms with van der Waals surface area (Å²) in [4.78, 5) is 4.80. The summed E-state index contributed by atoms with van der Waals surface area (Å²) in [6, 6.07) is 6.38. The predicted octanol–water partition coefficient (Wildman–Crippen LogP) is 5.53. The summed E-state index contributed by atoms with van der Waals surface area (Å²) in [5, 5.41) is 0. The van der Waals surface area contributed by atoms with Gasteiger partial charge >= 0.3 is 0 Å². The fourth-order valence-electron chi connectivity index (χ4n) is 3.00. The first-order chi connectivity index (χ1) is 10.4. The SMILES string of the molecule is CC(C)c1ccc2nc(C(C)C)n(C(C)(C)OP(C)(C)=O)c2c1. The van der Waals surface area contributed by atoms with Gasteiger partial charge in [-0.05, 0) is 37.5 Å². The number of rotatable bonds is 5. The molecule has 2 rings (SSSR count). The van der Waals surface area contributed by atoms with E-state index >= 15 is 0 Å². The Morgan fingerprint density at radius 2 is 1.74 bits per heavy atom. The number of imidazole rings is 1. The van der Waals surface area contributed by atoms with Gasteiger partial charge in [-0.25, -0.2) is 4.98 Å². The van der Waals surface area contributed by atoms with E-state index in [1.165, 1.54) is 5.56 Å². The molecule has 0 N–H and O–H groups in total. The van der Waals surface area contributed by atoms with Gasteiger partial charge in [0.15, 0.2) is 7.37 Å². The van der Waals surface area contributed by atoms with Crippen LogP contribution in [0.15, 0.2) is 18.2 Å². The second-order valence-corrected chi connectivity index (χ2v) is 10.3. The highest BCUT2D eigenvalue weighted by Crippen LogP contribution is 2.45. The van der Waals surface area contributed by atoms with E-state index in [0.29, 0.717) is 5.92 Å². The average Bonchev–Trinajstić information content (AvgIpc) is 2.74. The normalized spacial score (nSPS) is 13.5. The Kier molecular flexibility index (Phi) is 4.81. The van der Waals surface area contributed by atoms with E-state index < -0.39 is 13.1 Å². The summed E-state index contributed by atoms with van der Waals surface area (Å²) in [6.45, 7) is 15.8. The number of benzene rings is 1. The third-order valence-corrected chi connectivity index (χ3v) is 4.76. The summed E-state index contributed by atoms with van der Waals surface area (Å²) >= 11 is 0. The molecule has 128 valence electrons. The van der Waals surface area contributed by atoms with Gasteiger partial charge in [0.1, 0.15) is 11.5 Å². The third kappa shape index (κ3) is 3.87. The minimum absolute atomic E-state index is 0.251. The third-order valence-electron chi connectivity index (χ3n) is 3.87. The second kappa shape index (κ2) is 6.07. The standard InChI is InChI=1S/C18H29N2O2P/c1-12(2)14-9-10-15-16(11-14)20(17(19-15)13(3)4)18(5,6)22-23(7,8)21/h9-13H,1-8H3. The molecule has 0 aliphatic heterocycles. The largest absolute Gasteiger partial charge is 0.302 e. The Bertz CT molecular complexity index is 754. The topological polar surface area (TPSA) is 44.1 Å². The van der Waals surface area contributed by atoms with Crippen LogP contribution in [0, 0.1) is 0 Å². The van der Waals surface area contributed by atoms with Crippen molar-refractivity contribution in [2.24, 2.45) is 0 Å². The van der Waals surface area contributed by atoms with Crippen LogP contribution in [0.3, 0.4) is 0 Å². The van der Waals surface area contributed by atoms with Crippen LogP contribution in [0.5, 0.6) is 0 Å². The molecule has 5 heteroatoms. The zero-order chi connectivity index (χ0) is 17.6. The van der Waals surface area contributed by atoms with Gasteiger partial charge in [0.05, 0.1) is 11.0 Å². The van der Waals surface area contributed by atoms with E-state index in [1.54, 1.807) is 13.3 Å². The highest BCUT2D eigenvalue weighted by Gasteiger charge is 2.32.